The Kier molecular flexibility index (Phi) is 7.39. The average Bonchev–Trinajstić information content (AvgIpc) is 3.23. The van der Waals surface area contributed by atoms with E-state index in [0.29, 0.717) is 23.3 Å². The Morgan fingerprint density at radius 1 is 1.06 bits per heavy atom. The summed E-state index contributed by atoms with van der Waals surface area (Å²) in [7, 11) is 0. The van der Waals surface area contributed by atoms with E-state index in [9.17, 15) is 9.59 Å². The van der Waals surface area contributed by atoms with Crippen molar-refractivity contribution >= 4 is 35.0 Å². The fourth-order valence-corrected chi connectivity index (χ4v) is 5.01. The minimum Gasteiger partial charge on any atom is -0.326 e. The zero-order valence-corrected chi connectivity index (χ0v) is 19.6. The first-order valence-electron chi connectivity index (χ1n) is 11.2. The van der Waals surface area contributed by atoms with Gasteiger partial charge >= 0.3 is 0 Å². The van der Waals surface area contributed by atoms with Gasteiger partial charge in [0.05, 0.1) is 5.75 Å². The normalized spacial score (nSPS) is 18.0. The van der Waals surface area contributed by atoms with Crippen LogP contribution < -0.4 is 10.6 Å². The topological polar surface area (TPSA) is 102 Å². The molecule has 3 aromatic rings. The molecule has 0 bridgehead atoms. The molecule has 0 unspecified atom stereocenters. The van der Waals surface area contributed by atoms with Crippen molar-refractivity contribution in [3.8, 4) is 11.4 Å². The van der Waals surface area contributed by atoms with E-state index >= 15 is 0 Å². The number of hydrogen-bond donors (Lipinski definition) is 2. The summed E-state index contributed by atoms with van der Waals surface area (Å²) in [5.41, 5.74) is 2.29. The van der Waals surface area contributed by atoms with Gasteiger partial charge in [0.25, 0.3) is 0 Å². The third-order valence-electron chi connectivity index (χ3n) is 5.80. The maximum Gasteiger partial charge on any atom is 0.234 e. The number of pyridine rings is 1. The Morgan fingerprint density at radius 2 is 1.79 bits per heavy atom. The van der Waals surface area contributed by atoms with E-state index in [1.165, 1.54) is 37.9 Å². The lowest BCUT2D eigenvalue weighted by molar-refractivity contribution is -0.114. The number of aromatic nitrogens is 4. The van der Waals surface area contributed by atoms with E-state index in [1.807, 2.05) is 12.1 Å². The van der Waals surface area contributed by atoms with Crippen LogP contribution in [0.25, 0.3) is 11.4 Å². The molecule has 1 aromatic carbocycles. The number of rotatable bonds is 7. The van der Waals surface area contributed by atoms with Crippen LogP contribution >= 0.6 is 11.8 Å². The van der Waals surface area contributed by atoms with Crippen molar-refractivity contribution in [1.29, 1.82) is 0 Å². The lowest BCUT2D eigenvalue weighted by atomic mass is 9.85. The summed E-state index contributed by atoms with van der Waals surface area (Å²) >= 11 is 1.40. The third-order valence-corrected chi connectivity index (χ3v) is 6.75. The molecule has 4 rings (SSSR count). The molecule has 2 atom stereocenters. The van der Waals surface area contributed by atoms with Crippen LogP contribution in [0.15, 0.2) is 53.9 Å². The Bertz CT molecular complexity index is 1100. The van der Waals surface area contributed by atoms with Gasteiger partial charge in [-0.3, -0.25) is 19.1 Å². The van der Waals surface area contributed by atoms with Crippen LogP contribution in [0, 0.1) is 5.92 Å². The summed E-state index contributed by atoms with van der Waals surface area (Å²) in [5, 5.41) is 15.3. The molecular weight excluding hydrogens is 436 g/mol. The number of thioether (sulfide) groups is 1. The van der Waals surface area contributed by atoms with Gasteiger partial charge < -0.3 is 10.6 Å². The first-order chi connectivity index (χ1) is 16.0. The zero-order valence-electron chi connectivity index (χ0n) is 18.8. The minimum atomic E-state index is -0.134. The van der Waals surface area contributed by atoms with E-state index in [4.69, 9.17) is 0 Å². The molecule has 33 heavy (non-hydrogen) atoms. The summed E-state index contributed by atoms with van der Waals surface area (Å²) in [6.45, 7) is 3.74. The molecule has 0 radical (unpaired) electrons. The van der Waals surface area contributed by atoms with Crippen molar-refractivity contribution in [2.75, 3.05) is 16.4 Å². The predicted molar refractivity (Wildman–Crippen MR) is 130 cm³/mol. The number of hydrogen-bond acceptors (Lipinski definition) is 6. The summed E-state index contributed by atoms with van der Waals surface area (Å²) in [6.07, 6.45) is 8.23. The van der Waals surface area contributed by atoms with Crippen molar-refractivity contribution in [3.05, 3.63) is 48.8 Å². The average molecular weight is 465 g/mol. The van der Waals surface area contributed by atoms with Crippen LogP contribution in [0.1, 0.15) is 45.6 Å². The number of anilines is 2. The maximum atomic E-state index is 12.6. The quantitative estimate of drug-likeness (QED) is 0.488. The third kappa shape index (κ3) is 5.78. The van der Waals surface area contributed by atoms with Crippen molar-refractivity contribution < 1.29 is 9.59 Å². The molecule has 0 spiro atoms. The fourth-order valence-electron chi connectivity index (χ4n) is 4.21. The largest absolute Gasteiger partial charge is 0.326 e. The molecule has 0 aliphatic heterocycles. The lowest BCUT2D eigenvalue weighted by Crippen LogP contribution is -2.23. The highest BCUT2D eigenvalue weighted by molar-refractivity contribution is 7.99. The van der Waals surface area contributed by atoms with Crippen molar-refractivity contribution in [1.82, 2.24) is 19.7 Å². The van der Waals surface area contributed by atoms with E-state index in [-0.39, 0.29) is 17.6 Å². The number of nitrogens with zero attached hydrogens (tertiary/aromatic N) is 4. The standard InChI is InChI=1S/C24H28N6O2S/c1-16-6-3-4-8-21(16)30-23(18-7-5-13-25-14-18)28-29-24(30)33-15-22(32)27-20-11-9-19(10-12-20)26-17(2)31/h5,7,9-14,16,21H,3-4,6,8,15H2,1-2H3,(H,26,31)(H,27,32)/t16-,21+/m1/s1. The van der Waals surface area contributed by atoms with E-state index in [1.54, 1.807) is 36.7 Å². The molecule has 2 aromatic heterocycles. The van der Waals surface area contributed by atoms with Gasteiger partial charge in [-0.15, -0.1) is 10.2 Å². The summed E-state index contributed by atoms with van der Waals surface area (Å²) in [6, 6.07) is 11.2. The molecule has 1 saturated carbocycles. The van der Waals surface area contributed by atoms with Crippen molar-refractivity contribution in [2.45, 2.75) is 50.7 Å². The fraction of sp³-hybridized carbons (Fsp3) is 0.375. The number of nitrogens with one attached hydrogen (secondary N) is 2. The van der Waals surface area contributed by atoms with Gasteiger partial charge in [-0.05, 0) is 55.2 Å². The Balaban J connectivity index is 1.48. The van der Waals surface area contributed by atoms with E-state index in [0.717, 1.165) is 23.0 Å². The Morgan fingerprint density at radius 3 is 2.45 bits per heavy atom. The van der Waals surface area contributed by atoms with Crippen LogP contribution in [-0.2, 0) is 9.59 Å². The molecule has 9 heteroatoms. The minimum absolute atomic E-state index is 0.124. The van der Waals surface area contributed by atoms with Gasteiger partial charge in [-0.1, -0.05) is 31.5 Å². The Labute approximate surface area is 197 Å². The SMILES string of the molecule is CC(=O)Nc1ccc(NC(=O)CSc2nnc(-c3cccnc3)n2[C@H]2CCCC[C@H]2C)cc1. The van der Waals surface area contributed by atoms with Gasteiger partial charge in [0, 0.05) is 42.3 Å². The van der Waals surface area contributed by atoms with Gasteiger partial charge in [-0.25, -0.2) is 0 Å². The van der Waals surface area contributed by atoms with Gasteiger partial charge in [0.2, 0.25) is 11.8 Å². The van der Waals surface area contributed by atoms with Crippen molar-refractivity contribution in [3.63, 3.8) is 0 Å². The number of carbonyl (C=O) groups excluding carboxylic acids is 2. The molecule has 1 fully saturated rings. The first-order valence-corrected chi connectivity index (χ1v) is 12.2. The molecule has 2 N–H and O–H groups in total. The second-order valence-corrected chi connectivity index (χ2v) is 9.28. The molecule has 1 aliphatic rings. The highest BCUT2D eigenvalue weighted by atomic mass is 32.2. The molecule has 2 heterocycles. The molecule has 8 nitrogen and oxygen atoms in total. The highest BCUT2D eigenvalue weighted by Crippen LogP contribution is 2.38. The summed E-state index contributed by atoms with van der Waals surface area (Å²) in [5.74, 6) is 1.28. The van der Waals surface area contributed by atoms with E-state index < -0.39 is 0 Å². The molecule has 2 amide bonds. The smallest absolute Gasteiger partial charge is 0.234 e. The lowest BCUT2D eigenvalue weighted by Gasteiger charge is -2.31. The van der Waals surface area contributed by atoms with Crippen LogP contribution in [0.2, 0.25) is 0 Å². The monoisotopic (exact) mass is 464 g/mol. The van der Waals surface area contributed by atoms with Gasteiger partial charge in [0.15, 0.2) is 11.0 Å². The van der Waals surface area contributed by atoms with Gasteiger partial charge in [0.1, 0.15) is 0 Å². The molecule has 1 aliphatic carbocycles. The number of benzene rings is 1. The Hall–Kier alpha value is -3.20. The molecular formula is C24H28N6O2S. The predicted octanol–water partition coefficient (Wildman–Crippen LogP) is 4.78. The zero-order chi connectivity index (χ0) is 23.2. The van der Waals surface area contributed by atoms with Crippen LogP contribution in [0.5, 0.6) is 0 Å². The van der Waals surface area contributed by atoms with Crippen LogP contribution in [-0.4, -0.2) is 37.3 Å². The number of amides is 2. The summed E-state index contributed by atoms with van der Waals surface area (Å²) < 4.78 is 2.21. The summed E-state index contributed by atoms with van der Waals surface area (Å²) in [4.78, 5) is 28.0. The van der Waals surface area contributed by atoms with Gasteiger partial charge in [-0.2, -0.15) is 0 Å². The highest BCUT2D eigenvalue weighted by Gasteiger charge is 2.29. The number of carbonyl (C=O) groups is 2. The second-order valence-electron chi connectivity index (χ2n) is 8.34. The molecule has 0 saturated heterocycles. The maximum absolute atomic E-state index is 12.6. The van der Waals surface area contributed by atoms with Crippen LogP contribution in [0.4, 0.5) is 11.4 Å². The first kappa shape index (κ1) is 23.0. The second kappa shape index (κ2) is 10.6. The van der Waals surface area contributed by atoms with Crippen LogP contribution in [0.3, 0.4) is 0 Å². The molecule has 172 valence electrons. The van der Waals surface area contributed by atoms with E-state index in [2.05, 4.69) is 37.3 Å². The van der Waals surface area contributed by atoms with Crippen molar-refractivity contribution in [2.24, 2.45) is 5.92 Å².